The van der Waals surface area contributed by atoms with E-state index < -0.39 is 11.5 Å². The molecule has 1 aliphatic heterocycles. The molecule has 1 rings (SSSR count). The van der Waals surface area contributed by atoms with Gasteiger partial charge in [0.15, 0.2) is 0 Å². The third kappa shape index (κ3) is 2.52. The first-order valence-electron chi connectivity index (χ1n) is 5.64. The van der Waals surface area contributed by atoms with Crippen LogP contribution in [-0.4, -0.2) is 47.2 Å². The zero-order chi connectivity index (χ0) is 12.2. The summed E-state index contributed by atoms with van der Waals surface area (Å²) in [6.07, 6.45) is 2.22. The van der Waals surface area contributed by atoms with Gasteiger partial charge in [-0.15, -0.1) is 0 Å². The van der Waals surface area contributed by atoms with E-state index in [1.54, 1.807) is 13.8 Å². The normalized spacial score (nSPS) is 25.5. The number of carbonyl (C=O) groups excluding carboxylic acids is 1. The van der Waals surface area contributed by atoms with Gasteiger partial charge in [-0.2, -0.15) is 0 Å². The summed E-state index contributed by atoms with van der Waals surface area (Å²) in [6, 6.07) is 0. The molecule has 0 aromatic carbocycles. The summed E-state index contributed by atoms with van der Waals surface area (Å²) in [5, 5.41) is 9.21. The van der Waals surface area contributed by atoms with Crippen LogP contribution in [0.3, 0.4) is 0 Å². The van der Waals surface area contributed by atoms with Crippen molar-refractivity contribution in [3.05, 3.63) is 0 Å². The number of aliphatic carboxylic acids is 1. The Hall–Kier alpha value is -1.10. The van der Waals surface area contributed by atoms with Crippen molar-refractivity contribution >= 4 is 11.9 Å². The number of carboxylic acids is 1. The monoisotopic (exact) mass is 229 g/mol. The van der Waals surface area contributed by atoms with Crippen molar-refractivity contribution in [2.24, 2.45) is 0 Å². The van der Waals surface area contributed by atoms with Crippen molar-refractivity contribution in [1.29, 1.82) is 0 Å². The Labute approximate surface area is 95.4 Å². The lowest BCUT2D eigenvalue weighted by atomic mass is 9.88. The molecule has 1 N–H and O–H groups in total. The third-order valence-corrected chi connectivity index (χ3v) is 3.08. The number of carbonyl (C=O) groups is 2. The minimum absolute atomic E-state index is 0.0284. The Bertz CT molecular complexity index is 279. The van der Waals surface area contributed by atoms with Gasteiger partial charge in [0.2, 0.25) is 5.91 Å². The van der Waals surface area contributed by atoms with E-state index in [1.807, 2.05) is 0 Å². The van der Waals surface area contributed by atoms with Crippen LogP contribution in [0.25, 0.3) is 0 Å². The van der Waals surface area contributed by atoms with Crippen molar-refractivity contribution in [2.75, 3.05) is 19.8 Å². The molecule has 16 heavy (non-hydrogen) atoms. The van der Waals surface area contributed by atoms with E-state index in [4.69, 9.17) is 4.74 Å². The molecule has 1 aliphatic rings. The van der Waals surface area contributed by atoms with Gasteiger partial charge in [-0.1, -0.05) is 0 Å². The van der Waals surface area contributed by atoms with Gasteiger partial charge in [-0.05, 0) is 33.1 Å². The van der Waals surface area contributed by atoms with E-state index in [2.05, 4.69) is 0 Å². The number of piperidine rings is 1. The molecule has 1 saturated heterocycles. The summed E-state index contributed by atoms with van der Waals surface area (Å²) >= 11 is 0. The maximum Gasteiger partial charge on any atom is 0.329 e. The highest BCUT2D eigenvalue weighted by molar-refractivity contribution is 5.87. The Kier molecular flexibility index (Phi) is 4.29. The van der Waals surface area contributed by atoms with Gasteiger partial charge >= 0.3 is 5.97 Å². The average Bonchev–Trinajstić information content (AvgIpc) is 2.26. The second kappa shape index (κ2) is 5.30. The minimum atomic E-state index is -1.06. The summed E-state index contributed by atoms with van der Waals surface area (Å²) in [4.78, 5) is 24.5. The van der Waals surface area contributed by atoms with Gasteiger partial charge in [0.05, 0.1) is 0 Å². The maximum absolute atomic E-state index is 11.8. The second-order valence-corrected chi connectivity index (χ2v) is 4.22. The zero-order valence-corrected chi connectivity index (χ0v) is 9.86. The van der Waals surface area contributed by atoms with Gasteiger partial charge in [0.1, 0.15) is 12.1 Å². The topological polar surface area (TPSA) is 66.8 Å². The van der Waals surface area contributed by atoms with E-state index in [-0.39, 0.29) is 12.5 Å². The van der Waals surface area contributed by atoms with Crippen LogP contribution in [0.5, 0.6) is 0 Å². The van der Waals surface area contributed by atoms with Gasteiger partial charge in [-0.25, -0.2) is 4.79 Å². The molecule has 0 radical (unpaired) electrons. The molecular formula is C11H19NO4. The molecule has 1 heterocycles. The van der Waals surface area contributed by atoms with Gasteiger partial charge in [0.25, 0.3) is 0 Å². The lowest BCUT2D eigenvalue weighted by Gasteiger charge is -2.41. The Morgan fingerprint density at radius 3 is 2.69 bits per heavy atom. The Morgan fingerprint density at radius 2 is 2.12 bits per heavy atom. The first-order chi connectivity index (χ1) is 7.52. The SMILES string of the molecule is CCOCC(=O)N1CCCCC1(C)C(=O)O. The van der Waals surface area contributed by atoms with Crippen LogP contribution in [0.4, 0.5) is 0 Å². The fourth-order valence-corrected chi connectivity index (χ4v) is 2.01. The summed E-state index contributed by atoms with van der Waals surface area (Å²) in [7, 11) is 0. The van der Waals surface area contributed by atoms with Crippen LogP contribution in [0.15, 0.2) is 0 Å². The number of carboxylic acid groups (broad SMARTS) is 1. The predicted molar refractivity (Wildman–Crippen MR) is 58.1 cm³/mol. The van der Waals surface area contributed by atoms with E-state index >= 15 is 0 Å². The maximum atomic E-state index is 11.8. The third-order valence-electron chi connectivity index (χ3n) is 3.08. The standard InChI is InChI=1S/C11H19NO4/c1-3-16-8-9(13)12-7-5-4-6-11(12,2)10(14)15/h3-8H2,1-2H3,(H,14,15). The number of amides is 1. The number of ether oxygens (including phenoxy) is 1. The highest BCUT2D eigenvalue weighted by atomic mass is 16.5. The largest absolute Gasteiger partial charge is 0.480 e. The molecule has 1 atom stereocenters. The molecule has 5 heteroatoms. The van der Waals surface area contributed by atoms with Gasteiger partial charge < -0.3 is 14.7 Å². The van der Waals surface area contributed by atoms with Crippen molar-refractivity contribution < 1.29 is 19.4 Å². The highest BCUT2D eigenvalue weighted by Gasteiger charge is 2.43. The molecule has 0 aliphatic carbocycles. The molecule has 0 aromatic heterocycles. The van der Waals surface area contributed by atoms with E-state index in [0.717, 1.165) is 12.8 Å². The Balaban J connectivity index is 2.74. The van der Waals surface area contributed by atoms with Crippen molar-refractivity contribution in [3.8, 4) is 0 Å². The molecule has 0 spiro atoms. The summed E-state index contributed by atoms with van der Waals surface area (Å²) < 4.78 is 5.04. The van der Waals surface area contributed by atoms with Crippen molar-refractivity contribution in [2.45, 2.75) is 38.6 Å². The number of rotatable bonds is 4. The average molecular weight is 229 g/mol. The van der Waals surface area contributed by atoms with Gasteiger partial charge in [0, 0.05) is 13.2 Å². The minimum Gasteiger partial charge on any atom is -0.480 e. The van der Waals surface area contributed by atoms with Crippen molar-refractivity contribution in [1.82, 2.24) is 4.90 Å². The molecule has 0 aromatic rings. The van der Waals surface area contributed by atoms with Crippen LogP contribution < -0.4 is 0 Å². The van der Waals surface area contributed by atoms with E-state index in [0.29, 0.717) is 19.6 Å². The van der Waals surface area contributed by atoms with Gasteiger partial charge in [-0.3, -0.25) is 4.79 Å². The van der Waals surface area contributed by atoms with Crippen LogP contribution in [0.1, 0.15) is 33.1 Å². The molecule has 0 bridgehead atoms. The number of nitrogens with zero attached hydrogens (tertiary/aromatic N) is 1. The van der Waals surface area contributed by atoms with Crippen LogP contribution in [0, 0.1) is 0 Å². The number of hydrogen-bond donors (Lipinski definition) is 1. The summed E-state index contributed by atoms with van der Waals surface area (Å²) in [5.41, 5.74) is -1.06. The second-order valence-electron chi connectivity index (χ2n) is 4.22. The Morgan fingerprint density at radius 1 is 1.44 bits per heavy atom. The fourth-order valence-electron chi connectivity index (χ4n) is 2.01. The molecule has 1 fully saturated rings. The highest BCUT2D eigenvalue weighted by Crippen LogP contribution is 2.28. The molecule has 5 nitrogen and oxygen atoms in total. The fraction of sp³-hybridized carbons (Fsp3) is 0.818. The number of hydrogen-bond acceptors (Lipinski definition) is 3. The van der Waals surface area contributed by atoms with E-state index in [1.165, 1.54) is 4.90 Å². The molecule has 0 saturated carbocycles. The lowest BCUT2D eigenvalue weighted by Crippen LogP contribution is -2.58. The molecule has 1 unspecified atom stereocenters. The molecule has 92 valence electrons. The zero-order valence-electron chi connectivity index (χ0n) is 9.86. The first kappa shape index (κ1) is 13.0. The lowest BCUT2D eigenvalue weighted by molar-refractivity contribution is -0.162. The van der Waals surface area contributed by atoms with Crippen molar-refractivity contribution in [3.63, 3.8) is 0 Å². The predicted octanol–water partition coefficient (Wildman–Crippen LogP) is 0.879. The van der Waals surface area contributed by atoms with Crippen LogP contribution in [-0.2, 0) is 14.3 Å². The molecule has 1 amide bonds. The summed E-state index contributed by atoms with van der Waals surface area (Å²) in [5.74, 6) is -1.16. The first-order valence-corrected chi connectivity index (χ1v) is 5.64. The van der Waals surface area contributed by atoms with Crippen LogP contribution in [0.2, 0.25) is 0 Å². The molecular weight excluding hydrogens is 210 g/mol. The number of likely N-dealkylation sites (tertiary alicyclic amines) is 1. The summed E-state index contributed by atoms with van der Waals surface area (Å²) in [6.45, 7) is 4.36. The van der Waals surface area contributed by atoms with E-state index in [9.17, 15) is 14.7 Å². The smallest absolute Gasteiger partial charge is 0.329 e. The van der Waals surface area contributed by atoms with Crippen LogP contribution >= 0.6 is 0 Å². The quantitative estimate of drug-likeness (QED) is 0.777.